The van der Waals surface area contributed by atoms with E-state index in [1.165, 1.54) is 0 Å². The van der Waals surface area contributed by atoms with Crippen LogP contribution in [0.1, 0.15) is 12.8 Å². The van der Waals surface area contributed by atoms with E-state index >= 15 is 0 Å². The summed E-state index contributed by atoms with van der Waals surface area (Å²) in [6.07, 6.45) is 1.77. The van der Waals surface area contributed by atoms with E-state index in [0.29, 0.717) is 6.04 Å². The number of ether oxygens (including phenoxy) is 1. The lowest BCUT2D eigenvalue weighted by Crippen LogP contribution is -2.64. The number of nitrogens with one attached hydrogen (secondary N) is 1. The summed E-state index contributed by atoms with van der Waals surface area (Å²) in [6, 6.07) is 0.399. The van der Waals surface area contributed by atoms with Crippen molar-refractivity contribution in [3.63, 3.8) is 0 Å². The van der Waals surface area contributed by atoms with Gasteiger partial charge in [-0.1, -0.05) is 22.6 Å². The van der Waals surface area contributed by atoms with Crippen molar-refractivity contribution in [2.24, 2.45) is 0 Å². The Bertz CT molecular complexity index is 177. The quantitative estimate of drug-likeness (QED) is 0.560. The number of rotatable bonds is 1. The number of carbonyl (C=O) groups is 1. The average molecular weight is 253 g/mol. The first-order valence-corrected chi connectivity index (χ1v) is 4.82. The van der Waals surface area contributed by atoms with Crippen LogP contribution in [0.2, 0.25) is 0 Å². The lowest BCUT2D eigenvalue weighted by atomic mass is 9.76. The van der Waals surface area contributed by atoms with Gasteiger partial charge in [0, 0.05) is 23.3 Å². The lowest BCUT2D eigenvalue weighted by molar-refractivity contribution is -0.0792. The van der Waals surface area contributed by atoms with Crippen molar-refractivity contribution in [2.45, 2.75) is 24.5 Å². The van der Waals surface area contributed by atoms with E-state index in [-0.39, 0.29) is 11.7 Å². The van der Waals surface area contributed by atoms with Crippen LogP contribution in [-0.2, 0) is 4.74 Å². The van der Waals surface area contributed by atoms with E-state index in [0.717, 1.165) is 17.3 Å². The van der Waals surface area contributed by atoms with Gasteiger partial charge in [0.15, 0.2) is 0 Å². The van der Waals surface area contributed by atoms with E-state index in [9.17, 15) is 4.79 Å². The van der Waals surface area contributed by atoms with Crippen LogP contribution < -0.4 is 5.32 Å². The second kappa shape index (κ2) is 1.99. The molecule has 3 fully saturated rings. The first kappa shape index (κ1) is 6.69. The summed E-state index contributed by atoms with van der Waals surface area (Å²) in [7, 11) is 0. The molecule has 1 amide bonds. The number of carbonyl (C=O) groups excluding carboxylic acids is 1. The van der Waals surface area contributed by atoms with E-state index in [4.69, 9.17) is 4.74 Å². The van der Waals surface area contributed by atoms with Crippen LogP contribution in [-0.4, -0.2) is 22.2 Å². The Morgan fingerprint density at radius 3 is 2.90 bits per heavy atom. The minimum Gasteiger partial charge on any atom is -0.442 e. The molecule has 0 aromatic heterocycles. The molecular weight excluding hydrogens is 245 g/mol. The van der Waals surface area contributed by atoms with Gasteiger partial charge in [-0.25, -0.2) is 4.79 Å². The number of alkyl carbamates (subject to hydrolysis) is 1. The Labute approximate surface area is 72.6 Å². The molecular formula is C6H8INO2. The molecule has 10 heavy (non-hydrogen) atoms. The first-order chi connectivity index (χ1) is 4.74. The molecule has 1 saturated carbocycles. The van der Waals surface area contributed by atoms with Gasteiger partial charge >= 0.3 is 6.09 Å². The zero-order valence-corrected chi connectivity index (χ0v) is 7.55. The van der Waals surface area contributed by atoms with Crippen LogP contribution in [0.3, 0.4) is 0 Å². The molecule has 2 heterocycles. The topological polar surface area (TPSA) is 38.3 Å². The molecule has 2 bridgehead atoms. The van der Waals surface area contributed by atoms with E-state index in [2.05, 4.69) is 27.9 Å². The van der Waals surface area contributed by atoms with Crippen LogP contribution >= 0.6 is 22.6 Å². The third kappa shape index (κ3) is 0.810. The summed E-state index contributed by atoms with van der Waals surface area (Å²) < 4.78 is 6.06. The molecule has 2 saturated heterocycles. The van der Waals surface area contributed by atoms with Gasteiger partial charge < -0.3 is 10.1 Å². The zero-order chi connectivity index (χ0) is 7.19. The molecule has 3 aliphatic rings. The van der Waals surface area contributed by atoms with Gasteiger partial charge in [-0.05, 0) is 0 Å². The van der Waals surface area contributed by atoms with Gasteiger partial charge in [-0.2, -0.15) is 0 Å². The fourth-order valence-corrected chi connectivity index (χ4v) is 2.33. The smallest absolute Gasteiger partial charge is 0.407 e. The highest BCUT2D eigenvalue weighted by molar-refractivity contribution is 14.1. The Morgan fingerprint density at radius 2 is 2.50 bits per heavy atom. The van der Waals surface area contributed by atoms with Crippen molar-refractivity contribution in [2.75, 3.05) is 4.43 Å². The minimum absolute atomic E-state index is 0.0897. The monoisotopic (exact) mass is 253 g/mol. The summed E-state index contributed by atoms with van der Waals surface area (Å²) >= 11 is 2.27. The Kier molecular flexibility index (Phi) is 1.33. The molecule has 0 radical (unpaired) electrons. The third-order valence-corrected chi connectivity index (χ3v) is 3.50. The highest BCUT2D eigenvalue weighted by atomic mass is 127. The maximum atomic E-state index is 10.7. The summed E-state index contributed by atoms with van der Waals surface area (Å²) in [5.41, 5.74) is -0.0897. The van der Waals surface area contributed by atoms with Crippen molar-refractivity contribution in [3.8, 4) is 0 Å². The van der Waals surface area contributed by atoms with E-state index in [1.54, 1.807) is 0 Å². The number of halogens is 1. The average Bonchev–Trinajstić information content (AvgIpc) is 1.84. The van der Waals surface area contributed by atoms with Gasteiger partial charge in [0.25, 0.3) is 0 Å². The second-order valence-corrected chi connectivity index (χ2v) is 3.72. The van der Waals surface area contributed by atoms with Gasteiger partial charge in [-0.15, -0.1) is 0 Å². The number of hydrogen-bond acceptors (Lipinski definition) is 2. The fourth-order valence-electron chi connectivity index (χ4n) is 1.55. The van der Waals surface area contributed by atoms with Crippen molar-refractivity contribution in [3.05, 3.63) is 0 Å². The van der Waals surface area contributed by atoms with Crippen LogP contribution in [0, 0.1) is 0 Å². The lowest BCUT2D eigenvalue weighted by Gasteiger charge is -2.50. The zero-order valence-electron chi connectivity index (χ0n) is 5.39. The van der Waals surface area contributed by atoms with Gasteiger partial charge in [-0.3, -0.25) is 0 Å². The van der Waals surface area contributed by atoms with Crippen molar-refractivity contribution in [1.29, 1.82) is 0 Å². The van der Waals surface area contributed by atoms with Crippen molar-refractivity contribution >= 4 is 28.7 Å². The van der Waals surface area contributed by atoms with E-state index in [1.807, 2.05) is 0 Å². The molecule has 4 heteroatoms. The maximum absolute atomic E-state index is 10.7. The molecule has 0 aromatic rings. The SMILES string of the molecule is O=C1NC2CC(CI)(C2)O1. The summed E-state index contributed by atoms with van der Waals surface area (Å²) in [5, 5.41) is 2.74. The summed E-state index contributed by atoms with van der Waals surface area (Å²) in [5.74, 6) is 0. The van der Waals surface area contributed by atoms with Crippen molar-refractivity contribution in [1.82, 2.24) is 5.32 Å². The third-order valence-electron chi connectivity index (χ3n) is 2.11. The first-order valence-electron chi connectivity index (χ1n) is 3.30. The number of hydrogen-bond donors (Lipinski definition) is 1. The normalized spacial score (nSPS) is 43.3. The Morgan fingerprint density at radius 1 is 1.80 bits per heavy atom. The molecule has 1 aliphatic carbocycles. The minimum atomic E-state index is -0.237. The van der Waals surface area contributed by atoms with Gasteiger partial charge in [0.1, 0.15) is 5.60 Å². The molecule has 3 rings (SSSR count). The Hall–Kier alpha value is -0.0000000000000000555. The standard InChI is InChI=1S/C6H8INO2/c7-3-6-1-4(2-6)8-5(9)10-6/h4H,1-3H2,(H,8,9). The molecule has 0 atom stereocenters. The van der Waals surface area contributed by atoms with Gasteiger partial charge in [0.2, 0.25) is 0 Å². The molecule has 2 aliphatic heterocycles. The predicted octanol–water partition coefficient (Wildman–Crippen LogP) is 1.06. The van der Waals surface area contributed by atoms with Crippen LogP contribution in [0.25, 0.3) is 0 Å². The van der Waals surface area contributed by atoms with Gasteiger partial charge in [0.05, 0.1) is 0 Å². The molecule has 3 nitrogen and oxygen atoms in total. The van der Waals surface area contributed by atoms with Crippen molar-refractivity contribution < 1.29 is 9.53 Å². The van der Waals surface area contributed by atoms with Crippen LogP contribution in [0.5, 0.6) is 0 Å². The molecule has 1 N–H and O–H groups in total. The second-order valence-electron chi connectivity index (χ2n) is 2.96. The number of alkyl halides is 1. The summed E-state index contributed by atoms with van der Waals surface area (Å²) in [4.78, 5) is 10.7. The van der Waals surface area contributed by atoms with E-state index < -0.39 is 0 Å². The Balaban J connectivity index is 2.09. The van der Waals surface area contributed by atoms with Crippen LogP contribution in [0.15, 0.2) is 0 Å². The highest BCUT2D eigenvalue weighted by Crippen LogP contribution is 2.40. The fraction of sp³-hybridized carbons (Fsp3) is 0.833. The summed E-state index contributed by atoms with van der Waals surface area (Å²) in [6.45, 7) is 0. The molecule has 0 aromatic carbocycles. The maximum Gasteiger partial charge on any atom is 0.407 e. The van der Waals surface area contributed by atoms with Crippen LogP contribution in [0.4, 0.5) is 4.79 Å². The largest absolute Gasteiger partial charge is 0.442 e. The number of amides is 1. The molecule has 56 valence electrons. The predicted molar refractivity (Wildman–Crippen MR) is 44.3 cm³/mol. The molecule has 0 spiro atoms. The number of fused-ring (bicyclic) bond motifs is 2. The molecule has 0 unspecified atom stereocenters. The highest BCUT2D eigenvalue weighted by Gasteiger charge is 2.51.